The van der Waals surface area contributed by atoms with E-state index in [0.717, 1.165) is 6.42 Å². The Kier molecular flexibility index (Phi) is 2.70. The maximum Gasteiger partial charge on any atom is 0.0481 e. The highest BCUT2D eigenvalue weighted by molar-refractivity contribution is 6.15. The van der Waals surface area contributed by atoms with Crippen LogP contribution >= 0.6 is 0 Å². The fourth-order valence-electron chi connectivity index (χ4n) is 2.68. The molecule has 0 amide bonds. The van der Waals surface area contributed by atoms with Crippen molar-refractivity contribution in [2.45, 2.75) is 27.2 Å². The quantitative estimate of drug-likeness (QED) is 0.712. The van der Waals surface area contributed by atoms with Crippen molar-refractivity contribution in [1.82, 2.24) is 0 Å². The van der Waals surface area contributed by atoms with Gasteiger partial charge in [-0.1, -0.05) is 43.7 Å². The topological polar surface area (TPSA) is 12.4 Å². The molecule has 0 aromatic heterocycles. The lowest BCUT2D eigenvalue weighted by atomic mass is 9.84. The van der Waals surface area contributed by atoms with Gasteiger partial charge in [0.2, 0.25) is 0 Å². The number of nitrogens with zero attached hydrogens (tertiary/aromatic N) is 1. The monoisotopic (exact) mass is 237 g/mol. The molecule has 1 aromatic rings. The molecule has 1 atom stereocenters. The van der Waals surface area contributed by atoms with E-state index in [0.29, 0.717) is 11.8 Å². The molecule has 0 N–H and O–H groups in total. The summed E-state index contributed by atoms with van der Waals surface area (Å²) in [5, 5.41) is 2.67. The second kappa shape index (κ2) is 4.24. The van der Waals surface area contributed by atoms with Gasteiger partial charge >= 0.3 is 0 Å². The number of benzene rings is 1. The van der Waals surface area contributed by atoms with Gasteiger partial charge in [0.25, 0.3) is 0 Å². The SMILES string of the molecule is Cc1ccc2c(c1)=CC1CC(C(C)C)=CN=C1C=2. The van der Waals surface area contributed by atoms with Crippen molar-refractivity contribution in [2.75, 3.05) is 0 Å². The Morgan fingerprint density at radius 3 is 2.83 bits per heavy atom. The molecule has 2 aliphatic rings. The largest absolute Gasteiger partial charge is 0.261 e. The van der Waals surface area contributed by atoms with E-state index in [2.05, 4.69) is 62.3 Å². The van der Waals surface area contributed by atoms with E-state index >= 15 is 0 Å². The number of aliphatic imine (C=N–C) groups is 1. The highest BCUT2D eigenvalue weighted by Gasteiger charge is 2.20. The smallest absolute Gasteiger partial charge is 0.0481 e. The summed E-state index contributed by atoms with van der Waals surface area (Å²) in [4.78, 5) is 4.64. The van der Waals surface area contributed by atoms with Crippen LogP contribution in [-0.2, 0) is 0 Å². The van der Waals surface area contributed by atoms with E-state index in [9.17, 15) is 0 Å². The van der Waals surface area contributed by atoms with E-state index in [1.807, 2.05) is 0 Å². The Labute approximate surface area is 108 Å². The van der Waals surface area contributed by atoms with Crippen LogP contribution in [0, 0.1) is 18.8 Å². The number of hydrogen-bond acceptors (Lipinski definition) is 1. The first-order valence-corrected chi connectivity index (χ1v) is 6.70. The van der Waals surface area contributed by atoms with E-state index in [1.165, 1.54) is 27.3 Å². The van der Waals surface area contributed by atoms with Gasteiger partial charge < -0.3 is 0 Å². The normalized spacial score (nSPS) is 21.2. The molecular weight excluding hydrogens is 218 g/mol. The van der Waals surface area contributed by atoms with Crippen molar-refractivity contribution in [3.8, 4) is 0 Å². The predicted octanol–water partition coefficient (Wildman–Crippen LogP) is 2.57. The van der Waals surface area contributed by atoms with Gasteiger partial charge in [-0.2, -0.15) is 0 Å². The first-order chi connectivity index (χ1) is 8.63. The van der Waals surface area contributed by atoms with Gasteiger partial charge in [0.15, 0.2) is 0 Å². The van der Waals surface area contributed by atoms with Gasteiger partial charge in [-0.3, -0.25) is 4.99 Å². The Balaban J connectivity index is 2.10. The third-order valence-electron chi connectivity index (χ3n) is 3.88. The molecule has 18 heavy (non-hydrogen) atoms. The van der Waals surface area contributed by atoms with Crippen LogP contribution in [0.25, 0.3) is 12.2 Å². The number of allylic oxidation sites excluding steroid dienone is 1. The Hall–Kier alpha value is -1.63. The molecule has 0 bridgehead atoms. The van der Waals surface area contributed by atoms with Crippen LogP contribution in [0.15, 0.2) is 35.0 Å². The number of fused-ring (bicyclic) bond motifs is 2. The fraction of sp³-hybridized carbons (Fsp3) is 0.353. The molecule has 0 saturated carbocycles. The second-order valence-corrected chi connectivity index (χ2v) is 5.67. The molecule has 3 rings (SSSR count). The molecule has 1 nitrogen and oxygen atoms in total. The summed E-state index contributed by atoms with van der Waals surface area (Å²) in [5.74, 6) is 1.07. The van der Waals surface area contributed by atoms with Crippen LogP contribution in [0.5, 0.6) is 0 Å². The Morgan fingerprint density at radius 1 is 1.22 bits per heavy atom. The van der Waals surface area contributed by atoms with Gasteiger partial charge in [-0.25, -0.2) is 0 Å². The van der Waals surface area contributed by atoms with E-state index < -0.39 is 0 Å². The summed E-state index contributed by atoms with van der Waals surface area (Å²) in [6.45, 7) is 6.64. The van der Waals surface area contributed by atoms with Crippen molar-refractivity contribution in [2.24, 2.45) is 16.8 Å². The van der Waals surface area contributed by atoms with Gasteiger partial charge in [0, 0.05) is 17.8 Å². The van der Waals surface area contributed by atoms with Gasteiger partial charge in [-0.05, 0) is 41.3 Å². The van der Waals surface area contributed by atoms with Crippen molar-refractivity contribution >= 4 is 17.9 Å². The number of aryl methyl sites for hydroxylation is 1. The molecule has 0 spiro atoms. The average Bonchev–Trinajstić information content (AvgIpc) is 2.35. The highest BCUT2D eigenvalue weighted by Crippen LogP contribution is 2.26. The summed E-state index contributed by atoms with van der Waals surface area (Å²) >= 11 is 0. The molecule has 0 saturated heterocycles. The molecule has 1 aromatic carbocycles. The molecule has 1 heterocycles. The summed E-state index contributed by atoms with van der Waals surface area (Å²) in [6.07, 6.45) is 7.82. The lowest BCUT2D eigenvalue weighted by molar-refractivity contribution is 0.680. The van der Waals surface area contributed by atoms with Gasteiger partial charge in [-0.15, -0.1) is 0 Å². The van der Waals surface area contributed by atoms with E-state index in [-0.39, 0.29) is 0 Å². The zero-order valence-corrected chi connectivity index (χ0v) is 11.3. The van der Waals surface area contributed by atoms with E-state index in [4.69, 9.17) is 0 Å². The Bertz CT molecular complexity index is 659. The minimum atomic E-state index is 0.474. The average molecular weight is 237 g/mol. The minimum absolute atomic E-state index is 0.474. The molecule has 92 valence electrons. The number of rotatable bonds is 1. The molecule has 1 aliphatic heterocycles. The summed E-state index contributed by atoms with van der Waals surface area (Å²) in [6, 6.07) is 6.64. The zero-order valence-electron chi connectivity index (χ0n) is 11.3. The third-order valence-corrected chi connectivity index (χ3v) is 3.88. The fourth-order valence-corrected chi connectivity index (χ4v) is 2.68. The molecule has 1 heteroatoms. The predicted molar refractivity (Wildman–Crippen MR) is 77.8 cm³/mol. The molecule has 1 aliphatic carbocycles. The third kappa shape index (κ3) is 1.94. The molecule has 0 radical (unpaired) electrons. The lowest BCUT2D eigenvalue weighted by Crippen LogP contribution is -2.34. The van der Waals surface area contributed by atoms with Crippen LogP contribution in [-0.4, -0.2) is 5.71 Å². The van der Waals surface area contributed by atoms with Crippen molar-refractivity contribution in [1.29, 1.82) is 0 Å². The van der Waals surface area contributed by atoms with Gasteiger partial charge in [0.1, 0.15) is 0 Å². The summed E-state index contributed by atoms with van der Waals surface area (Å²) < 4.78 is 0. The number of hydrogen-bond donors (Lipinski definition) is 0. The summed E-state index contributed by atoms with van der Waals surface area (Å²) in [5.41, 5.74) is 4.01. The summed E-state index contributed by atoms with van der Waals surface area (Å²) in [7, 11) is 0. The van der Waals surface area contributed by atoms with Crippen LogP contribution in [0.1, 0.15) is 25.8 Å². The van der Waals surface area contributed by atoms with Crippen molar-refractivity contribution in [3.05, 3.63) is 46.0 Å². The standard InChI is InChI=1S/C17H19N/c1-11(2)16-8-15-7-14-6-12(3)4-5-13(14)9-17(15)18-10-16/h4-7,9-11,15H,8H2,1-3H3. The maximum atomic E-state index is 4.64. The maximum absolute atomic E-state index is 4.64. The first-order valence-electron chi connectivity index (χ1n) is 6.70. The second-order valence-electron chi connectivity index (χ2n) is 5.67. The lowest BCUT2D eigenvalue weighted by Gasteiger charge is -2.23. The minimum Gasteiger partial charge on any atom is -0.261 e. The van der Waals surface area contributed by atoms with Crippen LogP contribution in [0.3, 0.4) is 0 Å². The highest BCUT2D eigenvalue weighted by atomic mass is 14.7. The van der Waals surface area contributed by atoms with Crippen LogP contribution in [0.2, 0.25) is 0 Å². The first kappa shape index (κ1) is 11.5. The van der Waals surface area contributed by atoms with Crippen LogP contribution in [0.4, 0.5) is 0 Å². The van der Waals surface area contributed by atoms with E-state index in [1.54, 1.807) is 0 Å². The van der Waals surface area contributed by atoms with Crippen LogP contribution < -0.4 is 10.4 Å². The zero-order chi connectivity index (χ0) is 12.7. The van der Waals surface area contributed by atoms with Crippen molar-refractivity contribution in [3.63, 3.8) is 0 Å². The Morgan fingerprint density at radius 2 is 2.06 bits per heavy atom. The van der Waals surface area contributed by atoms with Crippen molar-refractivity contribution < 1.29 is 0 Å². The molecule has 0 fully saturated rings. The molecule has 1 unspecified atom stereocenters. The van der Waals surface area contributed by atoms with Gasteiger partial charge in [0.05, 0.1) is 0 Å². The molecular formula is C17H19N.